The number of nitrogens with one attached hydrogen (secondary N) is 1. The largest absolute Gasteiger partial charge is 2.00 e. The van der Waals surface area contributed by atoms with Crippen LogP contribution in [0, 0.1) is 0 Å². The van der Waals surface area contributed by atoms with E-state index in [1.54, 1.807) is 0 Å². The van der Waals surface area contributed by atoms with E-state index in [0.29, 0.717) is 6.42 Å². The van der Waals surface area contributed by atoms with Crippen molar-refractivity contribution in [1.29, 1.82) is 0 Å². The van der Waals surface area contributed by atoms with Gasteiger partial charge in [0.15, 0.2) is 0 Å². The summed E-state index contributed by atoms with van der Waals surface area (Å²) in [5, 5.41) is 23.7. The predicted molar refractivity (Wildman–Crippen MR) is 116 cm³/mol. The number of hydrogen-bond acceptors (Lipinski definition) is 5. The Kier molecular flexibility index (Phi) is 23.9. The van der Waals surface area contributed by atoms with Crippen molar-refractivity contribution in [3.05, 3.63) is 0 Å². The number of aliphatic carboxylic acids is 2. The predicted octanol–water partition coefficient (Wildman–Crippen LogP) is 2.63. The van der Waals surface area contributed by atoms with E-state index in [1.807, 2.05) is 0 Å². The quantitative estimate of drug-likeness (QED) is 0.220. The van der Waals surface area contributed by atoms with E-state index in [0.717, 1.165) is 12.8 Å². The van der Waals surface area contributed by atoms with Crippen molar-refractivity contribution < 1.29 is 24.6 Å². The molecule has 0 aromatic rings. The molecule has 0 radical (unpaired) electrons. The molecule has 1 amide bonds. The minimum Gasteiger partial charge on any atom is -0.550 e. The van der Waals surface area contributed by atoms with Gasteiger partial charge in [0.05, 0.1) is 12.0 Å². The molecule has 1 N–H and O–H groups in total. The number of carbonyl (C=O) groups excluding carboxylic acids is 3. The zero-order valence-electron chi connectivity index (χ0n) is 19.1. The number of carbonyl (C=O) groups is 3. The maximum atomic E-state index is 11.8. The van der Waals surface area contributed by atoms with Gasteiger partial charge in [0.2, 0.25) is 5.91 Å². The van der Waals surface area contributed by atoms with Crippen LogP contribution in [0.5, 0.6) is 0 Å². The topological polar surface area (TPSA) is 109 Å². The summed E-state index contributed by atoms with van der Waals surface area (Å²) in [7, 11) is 0. The van der Waals surface area contributed by atoms with Gasteiger partial charge in [0.25, 0.3) is 0 Å². The van der Waals surface area contributed by atoms with Crippen molar-refractivity contribution in [3.63, 3.8) is 0 Å². The Morgan fingerprint density at radius 1 is 0.667 bits per heavy atom. The molecule has 0 aliphatic heterocycles. The van der Waals surface area contributed by atoms with Gasteiger partial charge in [-0.3, -0.25) is 4.79 Å². The Hall–Kier alpha value is -0.824. The van der Waals surface area contributed by atoms with Crippen molar-refractivity contribution in [2.45, 2.75) is 129 Å². The smallest absolute Gasteiger partial charge is 0.550 e. The molecular formula is C23H41MgNO5. The van der Waals surface area contributed by atoms with E-state index in [-0.39, 0.29) is 41.8 Å². The third-order valence-corrected chi connectivity index (χ3v) is 5.26. The van der Waals surface area contributed by atoms with Gasteiger partial charge in [-0.1, -0.05) is 96.8 Å². The van der Waals surface area contributed by atoms with Crippen molar-refractivity contribution in [3.8, 4) is 0 Å². The first-order valence-electron chi connectivity index (χ1n) is 11.7. The molecule has 0 saturated heterocycles. The number of rotatable bonds is 21. The zero-order chi connectivity index (χ0) is 21.7. The molecular weight excluding hydrogens is 395 g/mol. The molecule has 30 heavy (non-hydrogen) atoms. The second-order valence-electron chi connectivity index (χ2n) is 8.05. The van der Waals surface area contributed by atoms with Crippen LogP contribution in [-0.2, 0) is 14.4 Å². The molecule has 0 aliphatic rings. The summed E-state index contributed by atoms with van der Waals surface area (Å²) in [6.45, 7) is 2.25. The summed E-state index contributed by atoms with van der Waals surface area (Å²) < 4.78 is 0. The molecule has 0 saturated carbocycles. The molecule has 170 valence electrons. The van der Waals surface area contributed by atoms with Gasteiger partial charge in [-0.25, -0.2) is 0 Å². The average Bonchev–Trinajstić information content (AvgIpc) is 2.67. The Balaban J connectivity index is 0. The number of carboxylic acid groups (broad SMARTS) is 2. The Morgan fingerprint density at radius 2 is 1.07 bits per heavy atom. The maximum absolute atomic E-state index is 11.8. The van der Waals surface area contributed by atoms with Crippen molar-refractivity contribution in [1.82, 2.24) is 5.32 Å². The number of amides is 1. The summed E-state index contributed by atoms with van der Waals surface area (Å²) in [4.78, 5) is 33.1. The van der Waals surface area contributed by atoms with Crippen molar-refractivity contribution in [2.75, 3.05) is 0 Å². The van der Waals surface area contributed by atoms with E-state index in [4.69, 9.17) is 0 Å². The second-order valence-corrected chi connectivity index (χ2v) is 8.05. The first kappa shape index (κ1) is 31.4. The Bertz CT molecular complexity index is 445. The standard InChI is InChI=1S/C23H43NO5.Mg/c1-2-3-4-5-6-7-8-9-10-11-12-13-14-15-16-17-21(25)24-20(23(28)29)18-19-22(26)27;/h20H,2-19H2,1H3,(H,24,25)(H,26,27)(H,28,29);/q;+2/p-2/t20-;/m0./s1. The number of hydrogen-bond donors (Lipinski definition) is 1. The van der Waals surface area contributed by atoms with Crippen LogP contribution >= 0.6 is 0 Å². The Morgan fingerprint density at radius 3 is 1.43 bits per heavy atom. The van der Waals surface area contributed by atoms with E-state index in [2.05, 4.69) is 12.2 Å². The van der Waals surface area contributed by atoms with Crippen LogP contribution in [0.3, 0.4) is 0 Å². The molecule has 0 heterocycles. The van der Waals surface area contributed by atoms with Gasteiger partial charge in [0, 0.05) is 12.4 Å². The summed E-state index contributed by atoms with van der Waals surface area (Å²) in [5.41, 5.74) is 0. The fourth-order valence-corrected chi connectivity index (χ4v) is 3.43. The van der Waals surface area contributed by atoms with Crippen LogP contribution in [0.2, 0.25) is 0 Å². The van der Waals surface area contributed by atoms with Gasteiger partial charge < -0.3 is 25.1 Å². The molecule has 0 aliphatic carbocycles. The van der Waals surface area contributed by atoms with Crippen molar-refractivity contribution in [2.24, 2.45) is 0 Å². The van der Waals surface area contributed by atoms with E-state index >= 15 is 0 Å². The van der Waals surface area contributed by atoms with Gasteiger partial charge in [-0.05, 0) is 19.3 Å². The van der Waals surface area contributed by atoms with Gasteiger partial charge in [-0.15, -0.1) is 0 Å². The van der Waals surface area contributed by atoms with Gasteiger partial charge >= 0.3 is 23.1 Å². The van der Waals surface area contributed by atoms with Crippen LogP contribution in [0.25, 0.3) is 0 Å². The van der Waals surface area contributed by atoms with E-state index in [1.165, 1.54) is 77.0 Å². The summed E-state index contributed by atoms with van der Waals surface area (Å²) in [6, 6.07) is -1.27. The third kappa shape index (κ3) is 21.9. The molecule has 0 aromatic carbocycles. The van der Waals surface area contributed by atoms with Crippen LogP contribution in [-0.4, -0.2) is 46.9 Å². The minimum atomic E-state index is -1.46. The number of carboxylic acids is 2. The summed E-state index contributed by atoms with van der Waals surface area (Å²) in [6.07, 6.45) is 18.3. The first-order valence-corrected chi connectivity index (χ1v) is 11.7. The molecule has 0 aromatic heterocycles. The first-order chi connectivity index (χ1) is 14.0. The molecule has 0 fully saturated rings. The van der Waals surface area contributed by atoms with E-state index < -0.39 is 24.4 Å². The van der Waals surface area contributed by atoms with Gasteiger partial charge in [0.1, 0.15) is 0 Å². The Labute approximate surface area is 199 Å². The minimum absolute atomic E-state index is 0. The summed E-state index contributed by atoms with van der Waals surface area (Å²) >= 11 is 0. The zero-order valence-corrected chi connectivity index (χ0v) is 20.5. The molecule has 0 spiro atoms. The molecule has 0 rings (SSSR count). The van der Waals surface area contributed by atoms with Crippen LogP contribution in [0.15, 0.2) is 0 Å². The summed E-state index contributed by atoms with van der Waals surface area (Å²) in [5.74, 6) is -3.17. The molecule has 0 bridgehead atoms. The van der Waals surface area contributed by atoms with Crippen LogP contribution < -0.4 is 15.5 Å². The van der Waals surface area contributed by atoms with Crippen LogP contribution in [0.4, 0.5) is 0 Å². The van der Waals surface area contributed by atoms with E-state index in [9.17, 15) is 24.6 Å². The SMILES string of the molecule is CCCCCCCCCCCCCCCCCC(=O)N[C@@H](CCC(=O)[O-])C(=O)[O-].[Mg+2]. The maximum Gasteiger partial charge on any atom is 2.00 e. The average molecular weight is 436 g/mol. The molecule has 7 heteroatoms. The second kappa shape index (κ2) is 22.9. The normalized spacial score (nSPS) is 11.5. The fourth-order valence-electron chi connectivity index (χ4n) is 3.43. The third-order valence-electron chi connectivity index (χ3n) is 5.26. The van der Waals surface area contributed by atoms with Crippen LogP contribution in [0.1, 0.15) is 122 Å². The number of unbranched alkanes of at least 4 members (excludes halogenated alkanes) is 14. The molecule has 6 nitrogen and oxygen atoms in total. The molecule has 1 atom stereocenters. The fraction of sp³-hybridized carbons (Fsp3) is 0.870. The van der Waals surface area contributed by atoms with Gasteiger partial charge in [-0.2, -0.15) is 0 Å². The monoisotopic (exact) mass is 435 g/mol. The van der Waals surface area contributed by atoms with Crippen molar-refractivity contribution >= 4 is 40.9 Å². The molecule has 0 unspecified atom stereocenters.